The van der Waals surface area contributed by atoms with Crippen molar-refractivity contribution in [2.24, 2.45) is 0 Å². The van der Waals surface area contributed by atoms with Crippen molar-refractivity contribution >= 4 is 0 Å². The predicted molar refractivity (Wildman–Crippen MR) is 31.8 cm³/mol. The van der Waals surface area contributed by atoms with Gasteiger partial charge in [-0.15, -0.1) is 24.3 Å². The van der Waals surface area contributed by atoms with Gasteiger partial charge in [0.25, 0.3) is 0 Å². The molecule has 0 saturated heterocycles. The molecule has 0 aliphatic heterocycles. The summed E-state index contributed by atoms with van der Waals surface area (Å²) in [7, 11) is 1.53. The minimum atomic E-state index is -0.365. The van der Waals surface area contributed by atoms with Crippen LogP contribution in [-0.2, 0) is 0 Å². The second-order valence-electron chi connectivity index (χ2n) is 1.58. The number of hydrogen-bond donors (Lipinski definition) is 0. The molecule has 3 heteroatoms. The molecule has 0 radical (unpaired) electrons. The van der Waals surface area contributed by atoms with E-state index in [-0.39, 0.29) is 24.7 Å². The van der Waals surface area contributed by atoms with Gasteiger partial charge >= 0.3 is 18.9 Å². The monoisotopic (exact) mass is 132 g/mol. The summed E-state index contributed by atoms with van der Waals surface area (Å²) in [5.74, 6) is 0.257. The topological polar surface area (TPSA) is 9.23 Å². The van der Waals surface area contributed by atoms with E-state index in [1.54, 1.807) is 6.07 Å². The number of ether oxygens (including phenoxy) is 1. The molecule has 10 heavy (non-hydrogen) atoms. The Balaban J connectivity index is 0.000000810. The molecule has 0 heterocycles. The van der Waals surface area contributed by atoms with Gasteiger partial charge in [-0.2, -0.15) is 0 Å². The molecular weight excluding hydrogens is 126 g/mol. The fourth-order valence-electron chi connectivity index (χ4n) is 0.519. The van der Waals surface area contributed by atoms with Gasteiger partial charge in [0.2, 0.25) is 0 Å². The Labute approximate surface area is 71.4 Å². The van der Waals surface area contributed by atoms with E-state index in [9.17, 15) is 4.39 Å². The van der Waals surface area contributed by atoms with E-state index < -0.39 is 0 Å². The minimum Gasteiger partial charge on any atom is -0.554 e. The van der Waals surface area contributed by atoms with Gasteiger partial charge in [0.1, 0.15) is 0 Å². The second-order valence-corrected chi connectivity index (χ2v) is 1.58. The molecule has 0 amide bonds. The Hall–Kier alpha value is -0.453. The first-order valence-corrected chi connectivity index (χ1v) is 2.54. The molecule has 0 fully saturated rings. The van der Waals surface area contributed by atoms with Crippen LogP contribution >= 0.6 is 0 Å². The molecular formula is C7H6FLiO. The van der Waals surface area contributed by atoms with Crippen molar-refractivity contribution in [2.45, 2.75) is 0 Å². The second kappa shape index (κ2) is 4.38. The molecule has 0 bridgehead atoms. The molecule has 0 aliphatic carbocycles. The van der Waals surface area contributed by atoms with Crippen molar-refractivity contribution in [3.8, 4) is 5.75 Å². The molecule has 1 aromatic carbocycles. The van der Waals surface area contributed by atoms with Crippen LogP contribution in [0.25, 0.3) is 0 Å². The maximum absolute atomic E-state index is 12.1. The summed E-state index contributed by atoms with van der Waals surface area (Å²) in [5.41, 5.74) is 0. The Morgan fingerprint density at radius 1 is 1.50 bits per heavy atom. The maximum Gasteiger partial charge on any atom is 1.00 e. The summed E-state index contributed by atoms with van der Waals surface area (Å²) < 4.78 is 16.9. The Morgan fingerprint density at radius 3 is 2.60 bits per heavy atom. The van der Waals surface area contributed by atoms with Gasteiger partial charge in [-0.1, -0.05) is 0 Å². The van der Waals surface area contributed by atoms with Crippen LogP contribution < -0.4 is 23.6 Å². The van der Waals surface area contributed by atoms with Crippen LogP contribution in [0.3, 0.4) is 0 Å². The average molecular weight is 132 g/mol. The molecule has 1 rings (SSSR count). The van der Waals surface area contributed by atoms with Crippen molar-refractivity contribution in [1.82, 2.24) is 0 Å². The Bertz CT molecular complexity index is 185. The Kier molecular flexibility index (Phi) is 4.18. The minimum absolute atomic E-state index is 0. The van der Waals surface area contributed by atoms with E-state index in [4.69, 9.17) is 4.74 Å². The summed E-state index contributed by atoms with van der Waals surface area (Å²) in [6.07, 6.45) is 0. The van der Waals surface area contributed by atoms with Crippen LogP contribution in [0.4, 0.5) is 4.39 Å². The van der Waals surface area contributed by atoms with E-state index in [1.165, 1.54) is 19.2 Å². The first kappa shape index (κ1) is 9.55. The fraction of sp³-hybridized carbons (Fsp3) is 0.143. The predicted octanol–water partition coefficient (Wildman–Crippen LogP) is -1.36. The quantitative estimate of drug-likeness (QED) is 0.338. The van der Waals surface area contributed by atoms with Crippen molar-refractivity contribution < 1.29 is 28.0 Å². The number of halogens is 1. The molecule has 1 aromatic rings. The van der Waals surface area contributed by atoms with E-state index in [1.807, 2.05) is 0 Å². The van der Waals surface area contributed by atoms with Crippen LogP contribution in [0.1, 0.15) is 0 Å². The molecule has 1 nitrogen and oxygen atoms in total. The zero-order valence-corrected chi connectivity index (χ0v) is 6.02. The fourth-order valence-corrected chi connectivity index (χ4v) is 0.519. The molecule has 0 aliphatic rings. The SMILES string of the molecule is COc1c[c-]c(F)cc1.[Li+]. The Morgan fingerprint density at radius 2 is 2.20 bits per heavy atom. The molecule has 48 valence electrons. The van der Waals surface area contributed by atoms with E-state index >= 15 is 0 Å². The van der Waals surface area contributed by atoms with E-state index in [0.717, 1.165) is 0 Å². The summed E-state index contributed by atoms with van der Waals surface area (Å²) in [5, 5.41) is 0. The van der Waals surface area contributed by atoms with Gasteiger partial charge in [0, 0.05) is 11.6 Å². The van der Waals surface area contributed by atoms with E-state index in [2.05, 4.69) is 6.07 Å². The summed E-state index contributed by atoms with van der Waals surface area (Å²) in [6, 6.07) is 6.66. The third-order valence-electron chi connectivity index (χ3n) is 0.982. The molecule has 0 spiro atoms. The first-order chi connectivity index (χ1) is 4.33. The summed E-state index contributed by atoms with van der Waals surface area (Å²) in [6.45, 7) is 0. The van der Waals surface area contributed by atoms with Crippen molar-refractivity contribution in [3.05, 3.63) is 30.1 Å². The maximum atomic E-state index is 12.1. The smallest absolute Gasteiger partial charge is 0.554 e. The van der Waals surface area contributed by atoms with Crippen molar-refractivity contribution in [3.63, 3.8) is 0 Å². The number of rotatable bonds is 1. The zero-order valence-electron chi connectivity index (χ0n) is 6.02. The van der Waals surface area contributed by atoms with Crippen LogP contribution in [0.15, 0.2) is 18.2 Å². The first-order valence-electron chi connectivity index (χ1n) is 2.54. The largest absolute Gasteiger partial charge is 1.00 e. The van der Waals surface area contributed by atoms with Gasteiger partial charge in [0.05, 0.1) is 7.11 Å². The third kappa shape index (κ3) is 2.43. The normalized spacial score (nSPS) is 8.20. The van der Waals surface area contributed by atoms with Crippen LogP contribution in [0.5, 0.6) is 5.75 Å². The standard InChI is InChI=1S/C7H6FO.Li/c1-9-7-4-2-6(8)3-5-7;/h2,4-5H,1H3;/q-1;+1. The van der Waals surface area contributed by atoms with Gasteiger partial charge < -0.3 is 4.74 Å². The molecule has 0 aromatic heterocycles. The number of hydrogen-bond acceptors (Lipinski definition) is 1. The van der Waals surface area contributed by atoms with E-state index in [0.29, 0.717) is 5.75 Å². The molecule has 0 unspecified atom stereocenters. The van der Waals surface area contributed by atoms with Crippen LogP contribution in [-0.4, -0.2) is 7.11 Å². The van der Waals surface area contributed by atoms with Gasteiger partial charge in [0.15, 0.2) is 0 Å². The number of methoxy groups -OCH3 is 1. The summed E-state index contributed by atoms with van der Waals surface area (Å²) >= 11 is 0. The van der Waals surface area contributed by atoms with Gasteiger partial charge in [-0.05, 0) is 0 Å². The van der Waals surface area contributed by atoms with Gasteiger partial charge in [-0.25, -0.2) is 4.39 Å². The van der Waals surface area contributed by atoms with Gasteiger partial charge in [-0.3, -0.25) is 0 Å². The number of benzene rings is 1. The van der Waals surface area contributed by atoms with Crippen molar-refractivity contribution in [2.75, 3.05) is 7.11 Å². The third-order valence-corrected chi connectivity index (χ3v) is 0.982. The molecule has 0 saturated carbocycles. The molecule has 0 atom stereocenters. The molecule has 0 N–H and O–H groups in total. The zero-order chi connectivity index (χ0) is 6.69. The van der Waals surface area contributed by atoms with Crippen molar-refractivity contribution in [1.29, 1.82) is 0 Å². The summed E-state index contributed by atoms with van der Waals surface area (Å²) in [4.78, 5) is 0. The average Bonchev–Trinajstić information content (AvgIpc) is 1.90. The van der Waals surface area contributed by atoms with Crippen LogP contribution in [0, 0.1) is 11.9 Å². The van der Waals surface area contributed by atoms with Crippen LogP contribution in [0.2, 0.25) is 0 Å².